The molecule has 1 aromatic rings. The molecule has 3 N–H and O–H groups in total. The van der Waals surface area contributed by atoms with Crippen molar-refractivity contribution in [2.45, 2.75) is 49.7 Å². The van der Waals surface area contributed by atoms with E-state index in [0.29, 0.717) is 19.5 Å². The Kier molecular flexibility index (Phi) is 4.45. The first-order chi connectivity index (χ1) is 10.6. The number of benzene rings is 1. The van der Waals surface area contributed by atoms with Crippen LogP contribution in [-0.4, -0.2) is 36.2 Å². The van der Waals surface area contributed by atoms with Gasteiger partial charge in [-0.25, -0.2) is 4.39 Å². The number of halogens is 1. The van der Waals surface area contributed by atoms with Crippen molar-refractivity contribution in [3.8, 4) is 0 Å². The van der Waals surface area contributed by atoms with Crippen LogP contribution in [0, 0.1) is 5.82 Å². The average molecular weight is 306 g/mol. The van der Waals surface area contributed by atoms with Gasteiger partial charge in [0.25, 0.3) is 0 Å². The Labute approximate surface area is 130 Å². The topological polar surface area (TPSA) is 61.4 Å². The molecule has 0 spiro atoms. The van der Waals surface area contributed by atoms with Crippen molar-refractivity contribution in [2.75, 3.05) is 13.1 Å². The van der Waals surface area contributed by atoms with Crippen molar-refractivity contribution in [1.82, 2.24) is 10.6 Å². The van der Waals surface area contributed by atoms with Crippen LogP contribution < -0.4 is 10.6 Å². The fourth-order valence-electron chi connectivity index (χ4n) is 3.72. The molecule has 1 heterocycles. The van der Waals surface area contributed by atoms with E-state index >= 15 is 0 Å². The molecule has 1 saturated carbocycles. The third kappa shape index (κ3) is 3.15. The minimum atomic E-state index is -0.437. The van der Waals surface area contributed by atoms with E-state index in [0.717, 1.165) is 31.2 Å². The SMILES string of the molecule is O=C(NCC1(c2ccc(F)cc2)CCCC1)[C@H]1C[C@H](O)CN1. The zero-order valence-corrected chi connectivity index (χ0v) is 12.6. The molecule has 1 aliphatic heterocycles. The first-order valence-electron chi connectivity index (χ1n) is 8.04. The van der Waals surface area contributed by atoms with E-state index in [1.807, 2.05) is 12.1 Å². The summed E-state index contributed by atoms with van der Waals surface area (Å²) in [6, 6.07) is 6.36. The number of rotatable bonds is 4. The second-order valence-electron chi connectivity index (χ2n) is 6.56. The van der Waals surface area contributed by atoms with E-state index in [-0.39, 0.29) is 23.2 Å². The van der Waals surface area contributed by atoms with E-state index in [4.69, 9.17) is 0 Å². The second-order valence-corrected chi connectivity index (χ2v) is 6.56. The lowest BCUT2D eigenvalue weighted by Crippen LogP contribution is -2.46. The van der Waals surface area contributed by atoms with Crippen molar-refractivity contribution >= 4 is 5.91 Å². The molecule has 1 aromatic carbocycles. The van der Waals surface area contributed by atoms with Crippen LogP contribution in [0.2, 0.25) is 0 Å². The summed E-state index contributed by atoms with van der Waals surface area (Å²) in [7, 11) is 0. The normalized spacial score (nSPS) is 27.0. The Morgan fingerprint density at radius 3 is 2.59 bits per heavy atom. The zero-order chi connectivity index (χ0) is 15.6. The molecule has 1 aliphatic carbocycles. The Balaban J connectivity index is 1.67. The highest BCUT2D eigenvalue weighted by atomic mass is 19.1. The molecule has 1 saturated heterocycles. The summed E-state index contributed by atoms with van der Waals surface area (Å²) in [5.41, 5.74) is 1.02. The number of nitrogens with one attached hydrogen (secondary N) is 2. The molecule has 3 rings (SSSR count). The van der Waals surface area contributed by atoms with Gasteiger partial charge in [0.2, 0.25) is 5.91 Å². The minimum absolute atomic E-state index is 0.0510. The van der Waals surface area contributed by atoms with Gasteiger partial charge in [0.05, 0.1) is 12.1 Å². The molecule has 120 valence electrons. The Hall–Kier alpha value is -1.46. The molecule has 2 aliphatic rings. The molecule has 4 nitrogen and oxygen atoms in total. The van der Waals surface area contributed by atoms with E-state index < -0.39 is 6.10 Å². The fourth-order valence-corrected chi connectivity index (χ4v) is 3.72. The summed E-state index contributed by atoms with van der Waals surface area (Å²) in [6.07, 6.45) is 4.32. The van der Waals surface area contributed by atoms with Crippen LogP contribution in [0.1, 0.15) is 37.7 Å². The smallest absolute Gasteiger partial charge is 0.237 e. The lowest BCUT2D eigenvalue weighted by atomic mass is 9.78. The highest BCUT2D eigenvalue weighted by molar-refractivity contribution is 5.82. The second kappa shape index (κ2) is 6.34. The molecule has 0 unspecified atom stereocenters. The van der Waals surface area contributed by atoms with Crippen molar-refractivity contribution in [3.05, 3.63) is 35.6 Å². The summed E-state index contributed by atoms with van der Waals surface area (Å²) in [5.74, 6) is -0.282. The third-order valence-corrected chi connectivity index (χ3v) is 5.04. The lowest BCUT2D eigenvalue weighted by Gasteiger charge is -2.30. The Bertz CT molecular complexity index is 526. The highest BCUT2D eigenvalue weighted by Gasteiger charge is 2.37. The summed E-state index contributed by atoms with van der Waals surface area (Å²) in [4.78, 5) is 12.2. The standard InChI is InChI=1S/C17H23FN2O2/c18-13-5-3-12(4-6-13)17(7-1-2-8-17)11-20-16(22)15-9-14(21)10-19-15/h3-6,14-15,19,21H,1-2,7-11H2,(H,20,22)/t14-,15+/m0/s1. The van der Waals surface area contributed by atoms with E-state index in [9.17, 15) is 14.3 Å². The number of hydrogen-bond donors (Lipinski definition) is 3. The number of carbonyl (C=O) groups excluding carboxylic acids is 1. The molecule has 0 aromatic heterocycles. The predicted molar refractivity (Wildman–Crippen MR) is 82.0 cm³/mol. The molecule has 2 fully saturated rings. The molecular weight excluding hydrogens is 283 g/mol. The maximum absolute atomic E-state index is 13.2. The van der Waals surface area contributed by atoms with Crippen LogP contribution in [0.3, 0.4) is 0 Å². The van der Waals surface area contributed by atoms with Crippen LogP contribution in [0.15, 0.2) is 24.3 Å². The van der Waals surface area contributed by atoms with Crippen molar-refractivity contribution in [2.24, 2.45) is 0 Å². The van der Waals surface area contributed by atoms with Crippen LogP contribution in [0.4, 0.5) is 4.39 Å². The monoisotopic (exact) mass is 306 g/mol. The largest absolute Gasteiger partial charge is 0.392 e. The van der Waals surface area contributed by atoms with Gasteiger partial charge in [0.1, 0.15) is 5.82 Å². The summed E-state index contributed by atoms with van der Waals surface area (Å²) < 4.78 is 13.2. The zero-order valence-electron chi connectivity index (χ0n) is 12.6. The quantitative estimate of drug-likeness (QED) is 0.789. The number of carbonyl (C=O) groups is 1. The molecule has 0 radical (unpaired) electrons. The van der Waals surface area contributed by atoms with Crippen LogP contribution >= 0.6 is 0 Å². The van der Waals surface area contributed by atoms with Gasteiger partial charge >= 0.3 is 0 Å². The lowest BCUT2D eigenvalue weighted by molar-refractivity contribution is -0.123. The Morgan fingerprint density at radius 2 is 2.00 bits per heavy atom. The van der Waals surface area contributed by atoms with Gasteiger partial charge in [-0.1, -0.05) is 25.0 Å². The van der Waals surface area contributed by atoms with Crippen LogP contribution in [0.25, 0.3) is 0 Å². The summed E-state index contributed by atoms with van der Waals surface area (Å²) in [5, 5.41) is 15.6. The van der Waals surface area contributed by atoms with Crippen LogP contribution in [-0.2, 0) is 10.2 Å². The molecule has 2 atom stereocenters. The fraction of sp³-hybridized carbons (Fsp3) is 0.588. The van der Waals surface area contributed by atoms with Gasteiger partial charge in [-0.2, -0.15) is 0 Å². The van der Waals surface area contributed by atoms with Gasteiger partial charge in [0.15, 0.2) is 0 Å². The van der Waals surface area contributed by atoms with E-state index in [2.05, 4.69) is 10.6 Å². The maximum atomic E-state index is 13.2. The van der Waals surface area contributed by atoms with Gasteiger partial charge in [0, 0.05) is 18.5 Å². The summed E-state index contributed by atoms with van der Waals surface area (Å²) >= 11 is 0. The number of aliphatic hydroxyl groups excluding tert-OH is 1. The highest BCUT2D eigenvalue weighted by Crippen LogP contribution is 2.40. The maximum Gasteiger partial charge on any atom is 0.237 e. The average Bonchev–Trinajstić information content (AvgIpc) is 3.15. The van der Waals surface area contributed by atoms with Crippen molar-refractivity contribution in [3.63, 3.8) is 0 Å². The molecule has 1 amide bonds. The summed E-state index contributed by atoms with van der Waals surface area (Å²) in [6.45, 7) is 1.05. The van der Waals surface area contributed by atoms with Gasteiger partial charge < -0.3 is 15.7 Å². The van der Waals surface area contributed by atoms with Gasteiger partial charge in [-0.05, 0) is 37.0 Å². The Morgan fingerprint density at radius 1 is 1.32 bits per heavy atom. The molecular formula is C17H23FN2O2. The first kappa shape index (κ1) is 15.4. The molecule has 0 bridgehead atoms. The predicted octanol–water partition coefficient (Wildman–Crippen LogP) is 1.48. The van der Waals surface area contributed by atoms with Crippen molar-refractivity contribution in [1.29, 1.82) is 0 Å². The number of amides is 1. The third-order valence-electron chi connectivity index (χ3n) is 5.04. The van der Waals surface area contributed by atoms with Crippen molar-refractivity contribution < 1.29 is 14.3 Å². The molecule has 5 heteroatoms. The molecule has 22 heavy (non-hydrogen) atoms. The first-order valence-corrected chi connectivity index (χ1v) is 8.04. The van der Waals surface area contributed by atoms with Gasteiger partial charge in [-0.3, -0.25) is 4.79 Å². The van der Waals surface area contributed by atoms with Crippen LogP contribution in [0.5, 0.6) is 0 Å². The minimum Gasteiger partial charge on any atom is -0.392 e. The van der Waals surface area contributed by atoms with E-state index in [1.54, 1.807) is 0 Å². The van der Waals surface area contributed by atoms with Gasteiger partial charge in [-0.15, -0.1) is 0 Å². The number of hydrogen-bond acceptors (Lipinski definition) is 3. The van der Waals surface area contributed by atoms with E-state index in [1.165, 1.54) is 12.1 Å². The number of aliphatic hydroxyl groups is 1. The number of β-amino-alcohol motifs (C(OH)–C–C–N with tert-alkyl or cyclic N) is 1.